The van der Waals surface area contributed by atoms with Gasteiger partial charge in [0.15, 0.2) is 0 Å². The molecule has 2 rings (SSSR count). The van der Waals surface area contributed by atoms with Crippen LogP contribution in [0, 0.1) is 0 Å². The molecule has 4 nitrogen and oxygen atoms in total. The predicted molar refractivity (Wildman–Crippen MR) is 89.3 cm³/mol. The van der Waals surface area contributed by atoms with Gasteiger partial charge in [-0.3, -0.25) is 0 Å². The van der Waals surface area contributed by atoms with Crippen LogP contribution in [0.2, 0.25) is 0 Å². The van der Waals surface area contributed by atoms with E-state index < -0.39 is 10.0 Å². The standard InChI is InChI=1S/C15H22N2O2S2/c1-4-10-17(3)21(18,19)15-12-8-6-7-9-13(12)20-14(15)11-16-5-2/h6-9,16H,4-5,10-11H2,1-3H3. The Balaban J connectivity index is 2.59. The van der Waals surface area contributed by atoms with Gasteiger partial charge in [-0.15, -0.1) is 11.3 Å². The van der Waals surface area contributed by atoms with E-state index in [9.17, 15) is 8.42 Å². The van der Waals surface area contributed by atoms with Crippen LogP contribution < -0.4 is 5.32 Å². The molecule has 0 aliphatic rings. The van der Waals surface area contributed by atoms with Crippen molar-refractivity contribution in [2.45, 2.75) is 31.7 Å². The highest BCUT2D eigenvalue weighted by Gasteiger charge is 2.27. The number of nitrogens with zero attached hydrogens (tertiary/aromatic N) is 1. The van der Waals surface area contributed by atoms with E-state index in [0.717, 1.165) is 27.9 Å². The quantitative estimate of drug-likeness (QED) is 0.851. The van der Waals surface area contributed by atoms with Crippen LogP contribution >= 0.6 is 11.3 Å². The summed E-state index contributed by atoms with van der Waals surface area (Å²) in [5, 5.41) is 4.07. The smallest absolute Gasteiger partial charge is 0.244 e. The summed E-state index contributed by atoms with van der Waals surface area (Å²) >= 11 is 1.56. The van der Waals surface area contributed by atoms with E-state index in [1.165, 1.54) is 4.31 Å². The van der Waals surface area contributed by atoms with Gasteiger partial charge in [-0.2, -0.15) is 0 Å². The average molecular weight is 326 g/mol. The molecule has 1 N–H and O–H groups in total. The van der Waals surface area contributed by atoms with Gasteiger partial charge in [0.25, 0.3) is 0 Å². The zero-order chi connectivity index (χ0) is 15.5. The number of rotatable bonds is 7. The summed E-state index contributed by atoms with van der Waals surface area (Å²) in [5.74, 6) is 0. The van der Waals surface area contributed by atoms with E-state index in [1.54, 1.807) is 18.4 Å². The fraction of sp³-hybridized carbons (Fsp3) is 0.467. The lowest BCUT2D eigenvalue weighted by Gasteiger charge is -2.17. The van der Waals surface area contributed by atoms with Crippen LogP contribution in [0.3, 0.4) is 0 Å². The van der Waals surface area contributed by atoms with Crippen molar-refractivity contribution < 1.29 is 8.42 Å². The highest BCUT2D eigenvalue weighted by Crippen LogP contribution is 2.36. The van der Waals surface area contributed by atoms with Crippen LogP contribution in [0.15, 0.2) is 29.2 Å². The second-order valence-electron chi connectivity index (χ2n) is 4.96. The Morgan fingerprint density at radius 2 is 1.95 bits per heavy atom. The van der Waals surface area contributed by atoms with Crippen molar-refractivity contribution in [1.29, 1.82) is 0 Å². The van der Waals surface area contributed by atoms with Crippen molar-refractivity contribution in [3.63, 3.8) is 0 Å². The summed E-state index contributed by atoms with van der Waals surface area (Å²) < 4.78 is 28.2. The molecular weight excluding hydrogens is 304 g/mol. The van der Waals surface area contributed by atoms with Crippen LogP contribution in [-0.2, 0) is 16.6 Å². The van der Waals surface area contributed by atoms with Gasteiger partial charge in [0.1, 0.15) is 4.90 Å². The number of hydrogen-bond acceptors (Lipinski definition) is 4. The van der Waals surface area contributed by atoms with Crippen molar-refractivity contribution in [1.82, 2.24) is 9.62 Å². The number of hydrogen-bond donors (Lipinski definition) is 1. The van der Waals surface area contributed by atoms with E-state index in [-0.39, 0.29) is 0 Å². The van der Waals surface area contributed by atoms with Gasteiger partial charge in [-0.25, -0.2) is 12.7 Å². The van der Waals surface area contributed by atoms with Gasteiger partial charge < -0.3 is 5.32 Å². The van der Waals surface area contributed by atoms with Crippen molar-refractivity contribution in [3.05, 3.63) is 29.1 Å². The van der Waals surface area contributed by atoms with Crippen LogP contribution in [-0.4, -0.2) is 32.9 Å². The Hall–Kier alpha value is -0.950. The molecule has 0 saturated heterocycles. The number of thiophene rings is 1. The number of fused-ring (bicyclic) bond motifs is 1. The van der Waals surface area contributed by atoms with E-state index in [0.29, 0.717) is 18.0 Å². The zero-order valence-corrected chi connectivity index (χ0v) is 14.4. The van der Waals surface area contributed by atoms with Crippen molar-refractivity contribution >= 4 is 31.4 Å². The molecule has 0 bridgehead atoms. The molecule has 1 aromatic carbocycles. The first-order valence-electron chi connectivity index (χ1n) is 7.19. The predicted octanol–water partition coefficient (Wildman–Crippen LogP) is 3.04. The molecule has 1 heterocycles. The monoisotopic (exact) mass is 326 g/mol. The first-order valence-corrected chi connectivity index (χ1v) is 9.45. The third-order valence-electron chi connectivity index (χ3n) is 3.36. The van der Waals surface area contributed by atoms with Crippen LogP contribution in [0.1, 0.15) is 25.1 Å². The fourth-order valence-corrected chi connectivity index (χ4v) is 5.43. The largest absolute Gasteiger partial charge is 0.312 e. The highest BCUT2D eigenvalue weighted by molar-refractivity contribution is 7.89. The van der Waals surface area contributed by atoms with E-state index in [2.05, 4.69) is 5.32 Å². The fourth-order valence-electron chi connectivity index (χ4n) is 2.30. The summed E-state index contributed by atoms with van der Waals surface area (Å²) in [4.78, 5) is 1.36. The van der Waals surface area contributed by atoms with E-state index >= 15 is 0 Å². The minimum Gasteiger partial charge on any atom is -0.312 e. The summed E-state index contributed by atoms with van der Waals surface area (Å²) in [6, 6.07) is 7.72. The average Bonchev–Trinajstić information content (AvgIpc) is 2.84. The lowest BCUT2D eigenvalue weighted by atomic mass is 10.2. The number of benzene rings is 1. The second kappa shape index (κ2) is 6.87. The molecule has 0 aliphatic carbocycles. The third kappa shape index (κ3) is 3.29. The first-order chi connectivity index (χ1) is 10.0. The highest BCUT2D eigenvalue weighted by atomic mass is 32.2. The topological polar surface area (TPSA) is 49.4 Å². The van der Waals surface area contributed by atoms with Gasteiger partial charge in [-0.05, 0) is 19.0 Å². The van der Waals surface area contributed by atoms with Gasteiger partial charge in [0.05, 0.1) is 0 Å². The van der Waals surface area contributed by atoms with E-state index in [4.69, 9.17) is 0 Å². The Morgan fingerprint density at radius 1 is 1.24 bits per heavy atom. The lowest BCUT2D eigenvalue weighted by Crippen LogP contribution is -2.28. The maximum Gasteiger partial charge on any atom is 0.244 e. The third-order valence-corrected chi connectivity index (χ3v) is 6.65. The van der Waals surface area contributed by atoms with Crippen LogP contribution in [0.5, 0.6) is 0 Å². The zero-order valence-electron chi connectivity index (χ0n) is 12.7. The summed E-state index contributed by atoms with van der Waals surface area (Å²) in [6.07, 6.45) is 0.806. The molecule has 0 atom stereocenters. The lowest BCUT2D eigenvalue weighted by molar-refractivity contribution is 0.468. The molecule has 0 spiro atoms. The second-order valence-corrected chi connectivity index (χ2v) is 8.08. The normalized spacial score (nSPS) is 12.4. The van der Waals surface area contributed by atoms with Crippen LogP contribution in [0.4, 0.5) is 0 Å². The van der Waals surface area contributed by atoms with Crippen molar-refractivity contribution in [3.8, 4) is 0 Å². The molecule has 1 aromatic heterocycles. The summed E-state index contributed by atoms with van der Waals surface area (Å²) in [7, 11) is -1.79. The van der Waals surface area contributed by atoms with Gasteiger partial charge in [-0.1, -0.05) is 32.0 Å². The Kier molecular flexibility index (Phi) is 5.37. The SMILES string of the molecule is CCCN(C)S(=O)(=O)c1c(CNCC)sc2ccccc12. The maximum atomic E-state index is 12.9. The van der Waals surface area contributed by atoms with Crippen molar-refractivity contribution in [2.75, 3.05) is 20.1 Å². The summed E-state index contributed by atoms with van der Waals surface area (Å²) in [5.41, 5.74) is 0. The first kappa shape index (κ1) is 16.4. The summed E-state index contributed by atoms with van der Waals surface area (Å²) in [6.45, 7) is 5.94. The molecule has 0 fully saturated rings. The maximum absolute atomic E-state index is 12.9. The molecule has 0 amide bonds. The van der Waals surface area contributed by atoms with Gasteiger partial charge in [0.2, 0.25) is 10.0 Å². The molecule has 2 aromatic rings. The van der Waals surface area contributed by atoms with Crippen LogP contribution in [0.25, 0.3) is 10.1 Å². The minimum absolute atomic E-state index is 0.472. The number of nitrogens with one attached hydrogen (secondary N) is 1. The van der Waals surface area contributed by atoms with E-state index in [1.807, 2.05) is 38.1 Å². The van der Waals surface area contributed by atoms with Crippen molar-refractivity contribution in [2.24, 2.45) is 0 Å². The van der Waals surface area contributed by atoms with Gasteiger partial charge >= 0.3 is 0 Å². The molecule has 0 aliphatic heterocycles. The molecule has 116 valence electrons. The van der Waals surface area contributed by atoms with Gasteiger partial charge in [0, 0.05) is 35.1 Å². The molecule has 21 heavy (non-hydrogen) atoms. The Labute approximate surface area is 130 Å². The molecule has 6 heteroatoms. The minimum atomic E-state index is -3.44. The Bertz CT molecular complexity index is 708. The molecule has 0 unspecified atom stereocenters. The molecular formula is C15H22N2O2S2. The number of sulfonamides is 1. The molecule has 0 radical (unpaired) electrons. The Morgan fingerprint density at radius 3 is 2.62 bits per heavy atom. The molecule has 0 saturated carbocycles.